The molecule has 1 saturated heterocycles. The van der Waals surface area contributed by atoms with Gasteiger partial charge in [0, 0.05) is 0 Å². The second-order valence-corrected chi connectivity index (χ2v) is 13.7. The molecule has 11 heteroatoms. The zero-order valence-corrected chi connectivity index (χ0v) is 29.9. The summed E-state index contributed by atoms with van der Waals surface area (Å²) < 4.78 is 29.3. The summed E-state index contributed by atoms with van der Waals surface area (Å²) in [7, 11) is 0. The van der Waals surface area contributed by atoms with E-state index >= 15 is 0 Å². The Morgan fingerprint density at radius 2 is 0.872 bits per heavy atom. The van der Waals surface area contributed by atoms with E-state index in [0.717, 1.165) is 0 Å². The monoisotopic (exact) mass is 810 g/mol. The minimum atomic E-state index is -1.36. The topological polar surface area (TPSA) is 114 Å². The fraction of sp³-hybridized carbons (Fsp3) is 0.222. The molecule has 0 aliphatic carbocycles. The quantitative estimate of drug-likeness (QED) is 0.128. The van der Waals surface area contributed by atoms with Gasteiger partial charge in [-0.05, 0) is 0 Å². The summed E-state index contributed by atoms with van der Waals surface area (Å²) in [5.41, 5.74) is 1.01. The van der Waals surface area contributed by atoms with Gasteiger partial charge in [0.05, 0.1) is 0 Å². The molecule has 47 heavy (non-hydrogen) atoms. The molecule has 2 radical (unpaired) electrons. The van der Waals surface area contributed by atoms with Crippen LogP contribution in [0.15, 0.2) is 121 Å². The van der Waals surface area contributed by atoms with Gasteiger partial charge >= 0.3 is 294 Å². The summed E-state index contributed by atoms with van der Waals surface area (Å²) >= 11 is 3.16. The van der Waals surface area contributed by atoms with E-state index in [1.807, 2.05) is 0 Å². The van der Waals surface area contributed by atoms with Crippen molar-refractivity contribution in [2.75, 3.05) is 6.61 Å². The van der Waals surface area contributed by atoms with Crippen LogP contribution in [0.25, 0.3) is 0 Å². The van der Waals surface area contributed by atoms with Crippen LogP contribution >= 0.6 is 0 Å². The second-order valence-electron chi connectivity index (χ2n) is 10.2. The zero-order chi connectivity index (χ0) is 33.6. The van der Waals surface area contributed by atoms with Gasteiger partial charge in [0.1, 0.15) is 0 Å². The molecule has 4 aromatic rings. The first kappa shape index (κ1) is 35.9. The summed E-state index contributed by atoms with van der Waals surface area (Å²) in [6.45, 7) is -0.364. The molecule has 0 saturated carbocycles. The number of ether oxygens (including phenoxy) is 5. The van der Waals surface area contributed by atoms with Gasteiger partial charge in [0.2, 0.25) is 0 Å². The normalized spacial score (nSPS) is 20.0. The number of esters is 4. The van der Waals surface area contributed by atoms with Crippen molar-refractivity contribution >= 4 is 61.5 Å². The first-order chi connectivity index (χ1) is 22.8. The molecule has 1 heterocycles. The van der Waals surface area contributed by atoms with E-state index in [4.69, 9.17) is 23.7 Å². The predicted molar refractivity (Wildman–Crippen MR) is 176 cm³/mol. The molecule has 0 N–H and O–H groups in total. The van der Waals surface area contributed by atoms with Crippen LogP contribution in [0.1, 0.15) is 41.4 Å². The maximum atomic E-state index is 13.3. The van der Waals surface area contributed by atoms with Crippen molar-refractivity contribution < 1.29 is 42.9 Å². The molecule has 1 aliphatic rings. The standard InChI is InChI=1S/C34H27O9Se.2CH3.Sb/c35-30(22-13-5-1-6-14-22)39-21-26-27(41-31(36)23-15-7-2-8-16-23)28(42-32(37)24-17-9-3-10-18-24)29(34(44)40-26)43-33(38)25-19-11-4-12-20-25;;;/h1-20,26-29,34H,21H2;2*1H3;. The number of carbonyl (C=O) groups excluding carboxylic acids is 4. The van der Waals surface area contributed by atoms with Crippen molar-refractivity contribution in [3.63, 3.8) is 0 Å². The van der Waals surface area contributed by atoms with E-state index in [9.17, 15) is 19.2 Å². The SMILES string of the molecule is O=C(OCC1OC([Se])C(OC(=O)c2ccccc2)C(OC(=O)c2ccccc2)C1OC(=O)c1ccccc1)c1ccccc1.[CH3][Sb][CH3]. The Kier molecular flexibility index (Phi) is 14.1. The van der Waals surface area contributed by atoms with Crippen LogP contribution < -0.4 is 0 Å². The van der Waals surface area contributed by atoms with Crippen molar-refractivity contribution in [2.45, 2.75) is 39.2 Å². The van der Waals surface area contributed by atoms with Gasteiger partial charge in [0.25, 0.3) is 0 Å². The Hall–Kier alpha value is -3.94. The predicted octanol–water partition coefficient (Wildman–Crippen LogP) is 5.20. The minimum absolute atomic E-state index is 0.226. The Labute approximate surface area is 292 Å². The Morgan fingerprint density at radius 1 is 0.553 bits per heavy atom. The summed E-state index contributed by atoms with van der Waals surface area (Å²) in [5, 5.41) is -0.983. The zero-order valence-electron chi connectivity index (χ0n) is 25.7. The molecular weight excluding hydrogens is 777 g/mol. The molecule has 1 fully saturated rings. The average Bonchev–Trinajstić information content (AvgIpc) is 3.11. The molecule has 242 valence electrons. The van der Waals surface area contributed by atoms with Crippen LogP contribution in [0.2, 0.25) is 9.74 Å². The first-order valence-corrected chi connectivity index (χ1v) is 20.7. The summed E-state index contributed by atoms with van der Waals surface area (Å²) in [6, 6.07) is 33.0. The van der Waals surface area contributed by atoms with Gasteiger partial charge in [-0.2, -0.15) is 0 Å². The molecule has 5 unspecified atom stereocenters. The number of rotatable bonds is 9. The van der Waals surface area contributed by atoms with Crippen LogP contribution in [0.4, 0.5) is 0 Å². The molecule has 5 atom stereocenters. The van der Waals surface area contributed by atoms with Crippen molar-refractivity contribution in [2.24, 2.45) is 0 Å². The Bertz CT molecular complexity index is 1590. The number of benzene rings is 4. The van der Waals surface area contributed by atoms with Gasteiger partial charge in [0.15, 0.2) is 0 Å². The number of hydrogen-bond donors (Lipinski definition) is 0. The van der Waals surface area contributed by atoms with Crippen molar-refractivity contribution in [3.05, 3.63) is 144 Å². The molecule has 1 aliphatic heterocycles. The third kappa shape index (κ3) is 10.3. The molecule has 0 amide bonds. The van der Waals surface area contributed by atoms with Crippen molar-refractivity contribution in [1.29, 1.82) is 0 Å². The van der Waals surface area contributed by atoms with Gasteiger partial charge in [-0.25, -0.2) is 0 Å². The van der Waals surface area contributed by atoms with Crippen LogP contribution in [-0.4, -0.2) is 97.5 Å². The first-order valence-electron chi connectivity index (χ1n) is 14.6. The fourth-order valence-corrected chi connectivity index (χ4v) is 5.27. The van der Waals surface area contributed by atoms with Crippen molar-refractivity contribution in [3.8, 4) is 0 Å². The Balaban J connectivity index is 0.00000160. The van der Waals surface area contributed by atoms with E-state index in [1.54, 1.807) is 121 Å². The summed E-state index contributed by atoms with van der Waals surface area (Å²) in [6.07, 6.45) is -5.06. The second kappa shape index (κ2) is 18.4. The van der Waals surface area contributed by atoms with Gasteiger partial charge < -0.3 is 0 Å². The molecule has 0 aromatic heterocycles. The van der Waals surface area contributed by atoms with E-state index in [0.29, 0.717) is 27.2 Å². The fourth-order valence-electron chi connectivity index (χ4n) is 4.53. The molecule has 0 spiro atoms. The van der Waals surface area contributed by atoms with Gasteiger partial charge in [-0.15, -0.1) is 0 Å². The van der Waals surface area contributed by atoms with E-state index in [1.165, 1.54) is 0 Å². The number of carbonyl (C=O) groups is 4. The van der Waals surface area contributed by atoms with Crippen LogP contribution in [0.5, 0.6) is 0 Å². The van der Waals surface area contributed by atoms with Crippen molar-refractivity contribution in [1.82, 2.24) is 0 Å². The summed E-state index contributed by atoms with van der Waals surface area (Å²) in [5.74, 6) is -2.83. The van der Waals surface area contributed by atoms with Crippen LogP contribution in [0, 0.1) is 0 Å². The molecule has 0 bridgehead atoms. The average molecular weight is 810 g/mol. The van der Waals surface area contributed by atoms with Crippen LogP contribution in [-0.2, 0) is 23.7 Å². The van der Waals surface area contributed by atoms with Crippen LogP contribution in [0.3, 0.4) is 0 Å². The third-order valence-electron chi connectivity index (χ3n) is 6.74. The molecule has 4 aromatic carbocycles. The number of hydrogen-bond acceptors (Lipinski definition) is 9. The molecule has 9 nitrogen and oxygen atoms in total. The van der Waals surface area contributed by atoms with E-state index in [2.05, 4.69) is 25.8 Å². The molecular formula is C36H33O9SbSe. The van der Waals surface area contributed by atoms with E-state index < -0.39 is 53.3 Å². The summed E-state index contributed by atoms with van der Waals surface area (Å²) in [4.78, 5) is 57.1. The van der Waals surface area contributed by atoms with E-state index in [-0.39, 0.29) is 23.3 Å². The third-order valence-corrected chi connectivity index (χ3v) is 7.53. The maximum absolute atomic E-state index is 13.3. The molecule has 5 rings (SSSR count). The Morgan fingerprint density at radius 3 is 1.26 bits per heavy atom. The van der Waals surface area contributed by atoms with Gasteiger partial charge in [-0.1, -0.05) is 0 Å². The van der Waals surface area contributed by atoms with Gasteiger partial charge in [-0.3, -0.25) is 0 Å².